The first-order chi connectivity index (χ1) is 4.50. The van der Waals surface area contributed by atoms with Crippen molar-refractivity contribution in [2.75, 3.05) is 0 Å². The van der Waals surface area contributed by atoms with Crippen molar-refractivity contribution >= 4 is 0 Å². The van der Waals surface area contributed by atoms with Gasteiger partial charge in [0, 0.05) is 0 Å². The first kappa shape index (κ1) is 10.5. The van der Waals surface area contributed by atoms with Gasteiger partial charge in [0.25, 0.3) is 5.92 Å². The first-order valence-electron chi connectivity index (χ1n) is 2.21. The summed E-state index contributed by atoms with van der Waals surface area (Å²) in [5.41, 5.74) is 7.48. The maximum atomic E-state index is 11.7. The fourth-order valence-corrected chi connectivity index (χ4v) is 0.217. The Morgan fingerprint density at radius 1 is 0.727 bits per heavy atom. The Balaban J connectivity index is 4.75. The summed E-state index contributed by atoms with van der Waals surface area (Å²) in [6.07, 6.45) is -6.08. The zero-order valence-corrected chi connectivity index (χ0v) is 4.92. The molecule has 0 saturated heterocycles. The van der Waals surface area contributed by atoms with Gasteiger partial charge in [-0.2, -0.15) is 22.0 Å². The molecule has 2 nitrogen and oxygen atoms in total. The van der Waals surface area contributed by atoms with E-state index in [1.54, 1.807) is 0 Å². The highest BCUT2D eigenvalue weighted by atomic mass is 19.4. The van der Waals surface area contributed by atoms with Gasteiger partial charge in [-0.15, -0.1) is 0 Å². The molecule has 0 amide bonds. The van der Waals surface area contributed by atoms with E-state index in [-0.39, 0.29) is 0 Å². The zero-order chi connectivity index (χ0) is 9.50. The summed E-state index contributed by atoms with van der Waals surface area (Å²) in [5.74, 6) is -10.3. The Kier molecular flexibility index (Phi) is 2.14. The molecule has 0 fully saturated rings. The standard InChI is InChI=1S/C3H4F6N2/c4-1(5,2(6,7)8)3(9,10)11/h10-11H2. The van der Waals surface area contributed by atoms with E-state index in [1.165, 1.54) is 0 Å². The number of nitrogens with two attached hydrogens (primary N) is 2. The van der Waals surface area contributed by atoms with Crippen molar-refractivity contribution < 1.29 is 26.3 Å². The van der Waals surface area contributed by atoms with Crippen molar-refractivity contribution in [3.63, 3.8) is 0 Å². The molecule has 0 aliphatic carbocycles. The molecule has 0 rings (SSSR count). The molecule has 0 radical (unpaired) electrons. The quantitative estimate of drug-likeness (QED) is 0.356. The van der Waals surface area contributed by atoms with Crippen LogP contribution in [0.15, 0.2) is 0 Å². The van der Waals surface area contributed by atoms with E-state index in [2.05, 4.69) is 11.5 Å². The largest absolute Gasteiger partial charge is 0.459 e. The molecule has 0 saturated carbocycles. The molecule has 0 aliphatic heterocycles. The van der Waals surface area contributed by atoms with Crippen LogP contribution in [0.3, 0.4) is 0 Å². The summed E-state index contributed by atoms with van der Waals surface area (Å²) < 4.78 is 68.7. The van der Waals surface area contributed by atoms with Gasteiger partial charge in [0.15, 0.2) is 0 Å². The number of hydrogen-bond acceptors (Lipinski definition) is 2. The van der Waals surface area contributed by atoms with Crippen LogP contribution >= 0.6 is 0 Å². The third kappa shape index (κ3) is 1.74. The Bertz CT molecular complexity index is 127. The monoisotopic (exact) mass is 182 g/mol. The molecule has 11 heavy (non-hydrogen) atoms. The van der Waals surface area contributed by atoms with Crippen molar-refractivity contribution in [3.05, 3.63) is 0 Å². The van der Waals surface area contributed by atoms with E-state index in [1.807, 2.05) is 0 Å². The van der Waals surface area contributed by atoms with Crippen LogP contribution in [0.2, 0.25) is 0 Å². The predicted molar refractivity (Wildman–Crippen MR) is 23.2 cm³/mol. The van der Waals surface area contributed by atoms with Gasteiger partial charge in [-0.3, -0.25) is 11.5 Å². The highest BCUT2D eigenvalue weighted by molar-refractivity contribution is 4.89. The van der Waals surface area contributed by atoms with Gasteiger partial charge in [-0.05, 0) is 0 Å². The average Bonchev–Trinajstić information content (AvgIpc) is 1.58. The van der Waals surface area contributed by atoms with E-state index in [4.69, 9.17) is 0 Å². The maximum absolute atomic E-state index is 11.7. The molecule has 0 aromatic heterocycles. The van der Waals surface area contributed by atoms with Gasteiger partial charge in [0.2, 0.25) is 0 Å². The Morgan fingerprint density at radius 3 is 1.00 bits per heavy atom. The lowest BCUT2D eigenvalue weighted by atomic mass is 10.2. The number of alkyl halides is 6. The first-order valence-corrected chi connectivity index (χ1v) is 2.21. The second-order valence-corrected chi connectivity index (χ2v) is 1.84. The van der Waals surface area contributed by atoms with E-state index >= 15 is 0 Å². The fraction of sp³-hybridized carbons (Fsp3) is 1.00. The summed E-state index contributed by atoms with van der Waals surface area (Å²) >= 11 is 0. The maximum Gasteiger partial charge on any atom is 0.459 e. The summed E-state index contributed by atoms with van der Waals surface area (Å²) in [7, 11) is 0. The topological polar surface area (TPSA) is 52.0 Å². The van der Waals surface area contributed by atoms with Crippen LogP contribution in [0.5, 0.6) is 0 Å². The van der Waals surface area contributed by atoms with Gasteiger partial charge in [-0.25, -0.2) is 4.39 Å². The summed E-state index contributed by atoms with van der Waals surface area (Å²) in [6.45, 7) is 0. The molecule has 68 valence electrons. The molecule has 0 heterocycles. The molecule has 0 unspecified atom stereocenters. The van der Waals surface area contributed by atoms with Gasteiger partial charge in [0.1, 0.15) is 0 Å². The van der Waals surface area contributed by atoms with Gasteiger partial charge < -0.3 is 0 Å². The summed E-state index contributed by atoms with van der Waals surface area (Å²) in [4.78, 5) is 0. The highest BCUT2D eigenvalue weighted by Crippen LogP contribution is 2.40. The SMILES string of the molecule is NC(N)(F)C(F)(F)C(F)(F)F. The highest BCUT2D eigenvalue weighted by Gasteiger charge is 2.69. The lowest BCUT2D eigenvalue weighted by Gasteiger charge is -2.27. The zero-order valence-electron chi connectivity index (χ0n) is 4.92. The minimum Gasteiger partial charge on any atom is -0.281 e. The Morgan fingerprint density at radius 2 is 1.00 bits per heavy atom. The number of hydrogen-bond donors (Lipinski definition) is 2. The van der Waals surface area contributed by atoms with E-state index in [0.717, 1.165) is 0 Å². The summed E-state index contributed by atoms with van der Waals surface area (Å²) in [5, 5.41) is 0. The third-order valence-corrected chi connectivity index (χ3v) is 0.837. The average molecular weight is 182 g/mol. The third-order valence-electron chi connectivity index (χ3n) is 0.837. The van der Waals surface area contributed by atoms with Crippen LogP contribution in [0.1, 0.15) is 0 Å². The minimum absolute atomic E-state index is 3.74. The van der Waals surface area contributed by atoms with Crippen molar-refractivity contribution in [3.8, 4) is 0 Å². The normalized spacial score (nSPS) is 15.3. The van der Waals surface area contributed by atoms with Crippen LogP contribution in [-0.2, 0) is 0 Å². The number of rotatable bonds is 1. The molecule has 8 heteroatoms. The lowest BCUT2D eigenvalue weighted by Crippen LogP contribution is -2.65. The lowest BCUT2D eigenvalue weighted by molar-refractivity contribution is -0.325. The second-order valence-electron chi connectivity index (χ2n) is 1.84. The molecule has 0 bridgehead atoms. The van der Waals surface area contributed by atoms with Gasteiger partial charge in [-0.1, -0.05) is 0 Å². The van der Waals surface area contributed by atoms with E-state index in [9.17, 15) is 26.3 Å². The Hall–Kier alpha value is -0.500. The van der Waals surface area contributed by atoms with Gasteiger partial charge in [0.05, 0.1) is 0 Å². The van der Waals surface area contributed by atoms with Gasteiger partial charge >= 0.3 is 12.1 Å². The molecule has 0 aromatic carbocycles. The second kappa shape index (κ2) is 2.24. The van der Waals surface area contributed by atoms with Crippen LogP contribution in [0.4, 0.5) is 26.3 Å². The molecule has 4 N–H and O–H groups in total. The molecule has 0 aromatic rings. The molecule has 0 atom stereocenters. The summed E-state index contributed by atoms with van der Waals surface area (Å²) in [6, 6.07) is 0. The van der Waals surface area contributed by atoms with Crippen molar-refractivity contribution in [2.45, 2.75) is 18.0 Å². The number of halogens is 6. The molecule has 0 aliphatic rings. The van der Waals surface area contributed by atoms with Crippen LogP contribution < -0.4 is 11.5 Å². The van der Waals surface area contributed by atoms with Crippen molar-refractivity contribution in [1.82, 2.24) is 0 Å². The fourth-order valence-electron chi connectivity index (χ4n) is 0.217. The molecule has 0 spiro atoms. The van der Waals surface area contributed by atoms with Crippen LogP contribution in [0, 0.1) is 0 Å². The van der Waals surface area contributed by atoms with Crippen LogP contribution in [-0.4, -0.2) is 18.0 Å². The molecular formula is C3H4F6N2. The van der Waals surface area contributed by atoms with Crippen LogP contribution in [0.25, 0.3) is 0 Å². The smallest absolute Gasteiger partial charge is 0.281 e. The van der Waals surface area contributed by atoms with E-state index in [0.29, 0.717) is 0 Å². The molecular weight excluding hydrogens is 178 g/mol. The Labute approximate surface area is 57.1 Å². The minimum atomic E-state index is -6.08. The van der Waals surface area contributed by atoms with E-state index < -0.39 is 18.0 Å². The predicted octanol–water partition coefficient (Wildman–Crippen LogP) is 0.725. The van der Waals surface area contributed by atoms with Crippen molar-refractivity contribution in [1.29, 1.82) is 0 Å². The van der Waals surface area contributed by atoms with Crippen molar-refractivity contribution in [2.24, 2.45) is 11.5 Å².